The van der Waals surface area contributed by atoms with Crippen LogP contribution in [0.2, 0.25) is 0 Å². The van der Waals surface area contributed by atoms with Gasteiger partial charge in [-0.05, 0) is 60.3 Å². The predicted molar refractivity (Wildman–Crippen MR) is 83.8 cm³/mol. The topological polar surface area (TPSA) is 32.3 Å². The first kappa shape index (κ1) is 15.0. The standard InChI is InChI=1S/C16H20BrFN2O/c17-12-4-1-5-13(18)14(12)15(21)20-9-3-7-16(11-20)6-2-8-19-10-16/h1,4-5,19H,2-3,6-11H2. The minimum atomic E-state index is -0.448. The van der Waals surface area contributed by atoms with Gasteiger partial charge in [-0.2, -0.15) is 0 Å². The van der Waals surface area contributed by atoms with E-state index in [0.29, 0.717) is 4.47 Å². The summed E-state index contributed by atoms with van der Waals surface area (Å²) in [5.41, 5.74) is 0.350. The third-order valence-corrected chi connectivity index (χ3v) is 5.35. The van der Waals surface area contributed by atoms with Gasteiger partial charge in [0.05, 0.1) is 5.56 Å². The van der Waals surface area contributed by atoms with Crippen molar-refractivity contribution in [2.75, 3.05) is 26.2 Å². The van der Waals surface area contributed by atoms with Crippen LogP contribution in [0.4, 0.5) is 4.39 Å². The van der Waals surface area contributed by atoms with Gasteiger partial charge in [-0.1, -0.05) is 6.07 Å². The fraction of sp³-hybridized carbons (Fsp3) is 0.562. The number of benzene rings is 1. The molecule has 5 heteroatoms. The zero-order valence-corrected chi connectivity index (χ0v) is 13.6. The monoisotopic (exact) mass is 354 g/mol. The third kappa shape index (κ3) is 2.99. The summed E-state index contributed by atoms with van der Waals surface area (Å²) in [5.74, 6) is -0.639. The lowest BCUT2D eigenvalue weighted by molar-refractivity contribution is 0.0429. The Bertz CT molecular complexity index is 517. The number of nitrogens with zero attached hydrogens (tertiary/aromatic N) is 1. The molecule has 1 amide bonds. The SMILES string of the molecule is O=C(c1c(F)cccc1Br)N1CCCC2(CCCNC2)C1. The molecule has 0 aliphatic carbocycles. The number of rotatable bonds is 1. The molecule has 1 atom stereocenters. The van der Waals surface area contributed by atoms with Crippen LogP contribution in [-0.4, -0.2) is 37.0 Å². The van der Waals surface area contributed by atoms with E-state index in [0.717, 1.165) is 51.9 Å². The van der Waals surface area contributed by atoms with Gasteiger partial charge in [0.15, 0.2) is 0 Å². The molecule has 0 saturated carbocycles. The second-order valence-corrected chi connectivity index (χ2v) is 7.06. The zero-order valence-electron chi connectivity index (χ0n) is 12.0. The van der Waals surface area contributed by atoms with E-state index < -0.39 is 5.82 Å². The van der Waals surface area contributed by atoms with Crippen molar-refractivity contribution in [2.45, 2.75) is 25.7 Å². The lowest BCUT2D eigenvalue weighted by Crippen LogP contribution is -2.52. The lowest BCUT2D eigenvalue weighted by Gasteiger charge is -2.45. The van der Waals surface area contributed by atoms with Gasteiger partial charge in [0.1, 0.15) is 5.82 Å². The van der Waals surface area contributed by atoms with Crippen LogP contribution in [0.15, 0.2) is 22.7 Å². The fourth-order valence-corrected chi connectivity index (χ4v) is 4.13. The smallest absolute Gasteiger partial charge is 0.258 e. The Kier molecular flexibility index (Phi) is 4.31. The van der Waals surface area contributed by atoms with E-state index in [2.05, 4.69) is 21.2 Å². The van der Waals surface area contributed by atoms with Gasteiger partial charge >= 0.3 is 0 Å². The molecule has 2 aliphatic rings. The summed E-state index contributed by atoms with van der Waals surface area (Å²) >= 11 is 3.30. The highest BCUT2D eigenvalue weighted by atomic mass is 79.9. The molecule has 2 heterocycles. The first-order valence-corrected chi connectivity index (χ1v) is 8.35. The van der Waals surface area contributed by atoms with E-state index >= 15 is 0 Å². The number of likely N-dealkylation sites (tertiary alicyclic amines) is 1. The Morgan fingerprint density at radius 2 is 2.14 bits per heavy atom. The van der Waals surface area contributed by atoms with Crippen LogP contribution in [0.1, 0.15) is 36.0 Å². The van der Waals surface area contributed by atoms with Gasteiger partial charge in [0.25, 0.3) is 5.91 Å². The molecule has 3 nitrogen and oxygen atoms in total. The average Bonchev–Trinajstić information content (AvgIpc) is 2.48. The summed E-state index contributed by atoms with van der Waals surface area (Å²) < 4.78 is 14.5. The van der Waals surface area contributed by atoms with Gasteiger partial charge in [-0.25, -0.2) is 4.39 Å². The molecule has 3 rings (SSSR count). The molecule has 0 bridgehead atoms. The quantitative estimate of drug-likeness (QED) is 0.839. The number of carbonyl (C=O) groups is 1. The highest BCUT2D eigenvalue weighted by Crippen LogP contribution is 2.36. The van der Waals surface area contributed by atoms with Crippen molar-refractivity contribution in [2.24, 2.45) is 5.41 Å². The van der Waals surface area contributed by atoms with E-state index in [-0.39, 0.29) is 16.9 Å². The van der Waals surface area contributed by atoms with Gasteiger partial charge in [0, 0.05) is 29.5 Å². The number of carbonyl (C=O) groups excluding carboxylic acids is 1. The summed E-state index contributed by atoms with van der Waals surface area (Å²) in [7, 11) is 0. The van der Waals surface area contributed by atoms with Crippen molar-refractivity contribution in [1.29, 1.82) is 0 Å². The Balaban J connectivity index is 1.81. The van der Waals surface area contributed by atoms with Gasteiger partial charge < -0.3 is 10.2 Å². The molecule has 21 heavy (non-hydrogen) atoms. The first-order chi connectivity index (χ1) is 10.1. The summed E-state index contributed by atoms with van der Waals surface area (Å²) in [4.78, 5) is 14.5. The molecule has 2 fully saturated rings. The average molecular weight is 355 g/mol. The van der Waals surface area contributed by atoms with Crippen LogP contribution in [0.5, 0.6) is 0 Å². The number of piperidine rings is 2. The molecule has 1 aromatic rings. The molecule has 1 spiro atoms. The lowest BCUT2D eigenvalue weighted by atomic mass is 9.74. The van der Waals surface area contributed by atoms with Crippen LogP contribution >= 0.6 is 15.9 Å². The molecule has 1 unspecified atom stereocenters. The van der Waals surface area contributed by atoms with Crippen LogP contribution < -0.4 is 5.32 Å². The molecule has 1 N–H and O–H groups in total. The number of nitrogens with one attached hydrogen (secondary N) is 1. The predicted octanol–water partition coefficient (Wildman–Crippen LogP) is 3.19. The van der Waals surface area contributed by atoms with Crippen LogP contribution in [0.25, 0.3) is 0 Å². The van der Waals surface area contributed by atoms with Gasteiger partial charge in [-0.15, -0.1) is 0 Å². The van der Waals surface area contributed by atoms with E-state index in [4.69, 9.17) is 0 Å². The second-order valence-electron chi connectivity index (χ2n) is 6.21. The maximum atomic E-state index is 14.0. The summed E-state index contributed by atoms with van der Waals surface area (Å²) in [6, 6.07) is 4.68. The van der Waals surface area contributed by atoms with Crippen molar-refractivity contribution in [3.63, 3.8) is 0 Å². The van der Waals surface area contributed by atoms with Crippen molar-refractivity contribution >= 4 is 21.8 Å². The molecule has 0 aromatic heterocycles. The Morgan fingerprint density at radius 3 is 2.86 bits per heavy atom. The zero-order chi connectivity index (χ0) is 14.9. The van der Waals surface area contributed by atoms with Crippen molar-refractivity contribution < 1.29 is 9.18 Å². The number of hydrogen-bond acceptors (Lipinski definition) is 2. The summed E-state index contributed by atoms with van der Waals surface area (Å²) in [5, 5.41) is 3.45. The molecular formula is C16H20BrFN2O. The number of hydrogen-bond donors (Lipinski definition) is 1. The summed E-state index contributed by atoms with van der Waals surface area (Å²) in [6.07, 6.45) is 4.47. The van der Waals surface area contributed by atoms with Crippen molar-refractivity contribution in [3.05, 3.63) is 34.1 Å². The van der Waals surface area contributed by atoms with Crippen molar-refractivity contribution in [1.82, 2.24) is 10.2 Å². The largest absolute Gasteiger partial charge is 0.338 e. The Labute approximate surface area is 133 Å². The maximum Gasteiger partial charge on any atom is 0.258 e. The highest BCUT2D eigenvalue weighted by molar-refractivity contribution is 9.10. The maximum absolute atomic E-state index is 14.0. The Hall–Kier alpha value is -0.940. The molecule has 0 radical (unpaired) electrons. The summed E-state index contributed by atoms with van der Waals surface area (Å²) in [6.45, 7) is 3.49. The van der Waals surface area contributed by atoms with E-state index in [1.165, 1.54) is 6.07 Å². The number of halogens is 2. The fourth-order valence-electron chi connectivity index (χ4n) is 3.62. The van der Waals surface area contributed by atoms with Gasteiger partial charge in [-0.3, -0.25) is 4.79 Å². The molecular weight excluding hydrogens is 335 g/mol. The second kappa shape index (κ2) is 6.05. The van der Waals surface area contributed by atoms with E-state index in [1.54, 1.807) is 12.1 Å². The molecule has 1 aromatic carbocycles. The van der Waals surface area contributed by atoms with Gasteiger partial charge in [0.2, 0.25) is 0 Å². The Morgan fingerprint density at radius 1 is 1.33 bits per heavy atom. The molecule has 114 valence electrons. The minimum Gasteiger partial charge on any atom is -0.338 e. The van der Waals surface area contributed by atoms with E-state index in [9.17, 15) is 9.18 Å². The normalized spacial score (nSPS) is 26.1. The molecule has 2 aliphatic heterocycles. The minimum absolute atomic E-state index is 0.165. The number of amides is 1. The van der Waals surface area contributed by atoms with Crippen molar-refractivity contribution in [3.8, 4) is 0 Å². The third-order valence-electron chi connectivity index (χ3n) is 4.69. The molecule has 2 saturated heterocycles. The first-order valence-electron chi connectivity index (χ1n) is 7.55. The van der Waals surface area contributed by atoms with Crippen LogP contribution in [0.3, 0.4) is 0 Å². The van der Waals surface area contributed by atoms with Crippen LogP contribution in [-0.2, 0) is 0 Å². The highest BCUT2D eigenvalue weighted by Gasteiger charge is 2.38. The van der Waals surface area contributed by atoms with E-state index in [1.807, 2.05) is 4.90 Å². The van der Waals surface area contributed by atoms with Crippen LogP contribution in [0, 0.1) is 11.2 Å².